The van der Waals surface area contributed by atoms with E-state index in [0.717, 1.165) is 38.5 Å². The molecule has 0 spiro atoms. The fraction of sp³-hybridized carbons (Fsp3) is 0.870. The highest BCUT2D eigenvalue weighted by atomic mass is 16.6. The van der Waals surface area contributed by atoms with Crippen LogP contribution < -0.4 is 0 Å². The number of allylic oxidation sites excluding steroid dienone is 4. The van der Waals surface area contributed by atoms with E-state index in [0.29, 0.717) is 19.3 Å². The van der Waals surface area contributed by atoms with E-state index in [1.807, 2.05) is 21.1 Å². The van der Waals surface area contributed by atoms with Crippen molar-refractivity contribution >= 4 is 17.9 Å². The van der Waals surface area contributed by atoms with Crippen LogP contribution in [0.1, 0.15) is 251 Å². The van der Waals surface area contributed by atoms with Crippen molar-refractivity contribution in [1.29, 1.82) is 0 Å². The monoisotopic (exact) mass is 877 g/mol. The topological polar surface area (TPSA) is 99.1 Å². The molecule has 0 saturated carbocycles. The first-order valence-corrected chi connectivity index (χ1v) is 26.4. The van der Waals surface area contributed by atoms with Gasteiger partial charge in [0.15, 0.2) is 12.1 Å². The van der Waals surface area contributed by atoms with E-state index in [1.54, 1.807) is 0 Å². The highest BCUT2D eigenvalue weighted by Crippen LogP contribution is 2.16. The molecule has 1 N–H and O–H groups in total. The molecule has 0 bridgehead atoms. The van der Waals surface area contributed by atoms with Gasteiger partial charge in [0.25, 0.3) is 0 Å². The predicted molar refractivity (Wildman–Crippen MR) is 262 cm³/mol. The number of carbonyl (C=O) groups excluding carboxylic acids is 2. The number of carboxylic acids is 1. The Bertz CT molecular complexity index is 1070. The number of unbranched alkanes of at least 4 members (excludes halogenated alkanes) is 30. The minimum Gasteiger partial charge on any atom is -0.477 e. The first-order chi connectivity index (χ1) is 30.1. The van der Waals surface area contributed by atoms with Gasteiger partial charge in [-0.3, -0.25) is 9.59 Å². The summed E-state index contributed by atoms with van der Waals surface area (Å²) in [6.45, 7) is 4.77. The van der Waals surface area contributed by atoms with Gasteiger partial charge in [-0.1, -0.05) is 192 Å². The molecule has 364 valence electrons. The van der Waals surface area contributed by atoms with Crippen LogP contribution in [-0.2, 0) is 28.6 Å². The summed E-state index contributed by atoms with van der Waals surface area (Å²) in [6.07, 6.45) is 52.2. The van der Waals surface area contributed by atoms with E-state index in [1.165, 1.54) is 180 Å². The summed E-state index contributed by atoms with van der Waals surface area (Å²) in [4.78, 5) is 37.2. The fourth-order valence-corrected chi connectivity index (χ4v) is 7.97. The summed E-state index contributed by atoms with van der Waals surface area (Å²) in [7, 11) is 5.54. The first kappa shape index (κ1) is 59.8. The number of esters is 2. The third-order valence-electron chi connectivity index (χ3n) is 12.1. The molecule has 0 radical (unpaired) electrons. The maximum Gasteiger partial charge on any atom is 0.362 e. The second kappa shape index (κ2) is 45.4. The number of quaternary nitrogens is 1. The van der Waals surface area contributed by atoms with Gasteiger partial charge in [0.1, 0.15) is 6.61 Å². The van der Waals surface area contributed by atoms with Gasteiger partial charge in [0, 0.05) is 19.3 Å². The first-order valence-electron chi connectivity index (χ1n) is 26.4. The van der Waals surface area contributed by atoms with Crippen LogP contribution in [0.4, 0.5) is 0 Å². The van der Waals surface area contributed by atoms with E-state index >= 15 is 0 Å². The van der Waals surface area contributed by atoms with Gasteiger partial charge in [-0.2, -0.15) is 0 Å². The van der Waals surface area contributed by atoms with Crippen LogP contribution in [0, 0.1) is 0 Å². The van der Waals surface area contributed by atoms with Gasteiger partial charge >= 0.3 is 17.9 Å². The molecule has 0 aliphatic carbocycles. The molecule has 8 heteroatoms. The van der Waals surface area contributed by atoms with E-state index < -0.39 is 18.1 Å². The Hall–Kier alpha value is -2.19. The van der Waals surface area contributed by atoms with Crippen LogP contribution in [0.15, 0.2) is 24.3 Å². The lowest BCUT2D eigenvalue weighted by molar-refractivity contribution is -0.887. The Morgan fingerprint density at radius 3 is 1.16 bits per heavy atom. The smallest absolute Gasteiger partial charge is 0.362 e. The van der Waals surface area contributed by atoms with Crippen LogP contribution in [0.2, 0.25) is 0 Å². The van der Waals surface area contributed by atoms with Crippen LogP contribution in [0.25, 0.3) is 0 Å². The lowest BCUT2D eigenvalue weighted by atomic mass is 10.1. The number of carbonyl (C=O) groups is 3. The standard InChI is InChI=1S/C54H101NO7/c1-6-8-10-12-14-16-18-20-22-24-26-28-30-32-34-36-38-40-42-44-52(56)61-49-50(48-60-47-46-51(54(58)59)55(3,4)5)62-53(57)45-43-41-39-37-35-33-31-29-27-25-23-21-19-17-15-13-11-9-7-2/h24-27,50-51H,6-23,28-49H2,1-5H3/p+1/b26-24+,27-25+. The van der Waals surface area contributed by atoms with Gasteiger partial charge in [-0.15, -0.1) is 0 Å². The molecule has 2 atom stereocenters. The number of hydrogen-bond acceptors (Lipinski definition) is 6. The van der Waals surface area contributed by atoms with Gasteiger partial charge in [-0.25, -0.2) is 4.79 Å². The zero-order valence-electron chi connectivity index (χ0n) is 41.6. The number of carboxylic acid groups (broad SMARTS) is 1. The van der Waals surface area contributed by atoms with E-state index in [-0.39, 0.29) is 36.2 Å². The summed E-state index contributed by atoms with van der Waals surface area (Å²) < 4.78 is 17.4. The summed E-state index contributed by atoms with van der Waals surface area (Å²) in [5, 5.41) is 9.66. The van der Waals surface area contributed by atoms with Crippen molar-refractivity contribution in [3.8, 4) is 0 Å². The number of hydrogen-bond donors (Lipinski definition) is 1. The molecule has 0 aromatic carbocycles. The Labute approximate surface area is 383 Å². The lowest BCUT2D eigenvalue weighted by Crippen LogP contribution is -2.50. The number of rotatable bonds is 48. The molecule has 2 unspecified atom stereocenters. The molecule has 62 heavy (non-hydrogen) atoms. The average molecular weight is 877 g/mol. The van der Waals surface area contributed by atoms with Crippen molar-refractivity contribution in [2.45, 2.75) is 264 Å². The zero-order valence-corrected chi connectivity index (χ0v) is 41.6. The van der Waals surface area contributed by atoms with Crippen LogP contribution in [-0.4, -0.2) is 80.6 Å². The molecule has 0 aromatic rings. The Balaban J connectivity index is 4.23. The van der Waals surface area contributed by atoms with Crippen LogP contribution in [0.5, 0.6) is 0 Å². The van der Waals surface area contributed by atoms with Gasteiger partial charge < -0.3 is 23.8 Å². The molecule has 0 fully saturated rings. The van der Waals surface area contributed by atoms with Crippen molar-refractivity contribution in [3.05, 3.63) is 24.3 Å². The van der Waals surface area contributed by atoms with E-state index in [9.17, 15) is 19.5 Å². The molecule has 0 aliphatic heterocycles. The minimum atomic E-state index is -0.873. The second-order valence-corrected chi connectivity index (χ2v) is 19.1. The van der Waals surface area contributed by atoms with E-state index in [2.05, 4.69) is 38.2 Å². The van der Waals surface area contributed by atoms with Gasteiger partial charge in [0.05, 0.1) is 34.4 Å². The molecule has 0 amide bonds. The number of likely N-dealkylation sites (N-methyl/N-ethyl adjacent to an activating group) is 1. The summed E-state index contributed by atoms with van der Waals surface area (Å²) in [6, 6.07) is -0.614. The highest BCUT2D eigenvalue weighted by Gasteiger charge is 2.31. The van der Waals surface area contributed by atoms with Crippen molar-refractivity contribution in [2.75, 3.05) is 41.0 Å². The number of ether oxygens (including phenoxy) is 3. The third-order valence-corrected chi connectivity index (χ3v) is 12.1. The normalized spacial score (nSPS) is 13.0. The average Bonchev–Trinajstić information content (AvgIpc) is 3.23. The van der Waals surface area contributed by atoms with E-state index in [4.69, 9.17) is 14.2 Å². The summed E-state index contributed by atoms with van der Waals surface area (Å²) in [5.41, 5.74) is 0. The molecule has 0 aromatic heterocycles. The predicted octanol–water partition coefficient (Wildman–Crippen LogP) is 15.2. The highest BCUT2D eigenvalue weighted by molar-refractivity contribution is 5.72. The Morgan fingerprint density at radius 1 is 0.468 bits per heavy atom. The lowest BCUT2D eigenvalue weighted by Gasteiger charge is -2.31. The Morgan fingerprint density at radius 2 is 0.806 bits per heavy atom. The number of nitrogens with zero attached hydrogens (tertiary/aromatic N) is 1. The molecule has 0 rings (SSSR count). The SMILES string of the molecule is CCCCCCCCCC/C=C/CCCCCCCCCC(=O)OCC(COCCC(C(=O)O)[N+](C)(C)C)OC(=O)CCCCCCCCC/C=C/CCCCCCCCCC. The molecule has 0 aliphatic rings. The zero-order chi connectivity index (χ0) is 45.6. The molecular weight excluding hydrogens is 775 g/mol. The van der Waals surface area contributed by atoms with Crippen molar-refractivity contribution in [1.82, 2.24) is 0 Å². The van der Waals surface area contributed by atoms with Crippen molar-refractivity contribution < 1.29 is 38.2 Å². The maximum absolute atomic E-state index is 12.8. The Kier molecular flexibility index (Phi) is 43.8. The van der Waals surface area contributed by atoms with Crippen LogP contribution >= 0.6 is 0 Å². The maximum atomic E-state index is 12.8. The molecule has 0 heterocycles. The van der Waals surface area contributed by atoms with Crippen LogP contribution in [0.3, 0.4) is 0 Å². The van der Waals surface area contributed by atoms with Gasteiger partial charge in [-0.05, 0) is 64.2 Å². The third kappa shape index (κ3) is 43.1. The largest absolute Gasteiger partial charge is 0.477 e. The summed E-state index contributed by atoms with van der Waals surface area (Å²) >= 11 is 0. The molecular formula is C54H102NO7+. The minimum absolute atomic E-state index is 0.0514. The second-order valence-electron chi connectivity index (χ2n) is 19.1. The fourth-order valence-electron chi connectivity index (χ4n) is 7.97. The molecule has 0 saturated heterocycles. The summed E-state index contributed by atoms with van der Waals surface area (Å²) in [5.74, 6) is -1.46. The quantitative estimate of drug-likeness (QED) is 0.0281. The van der Waals surface area contributed by atoms with Crippen molar-refractivity contribution in [3.63, 3.8) is 0 Å². The molecule has 8 nitrogen and oxygen atoms in total. The van der Waals surface area contributed by atoms with Crippen molar-refractivity contribution in [2.24, 2.45) is 0 Å². The number of aliphatic carboxylic acids is 1. The van der Waals surface area contributed by atoms with Gasteiger partial charge in [0.2, 0.25) is 0 Å².